The number of pyridine rings is 1. The first kappa shape index (κ1) is 21.8. The molecule has 0 atom stereocenters. The van der Waals surface area contributed by atoms with E-state index in [4.69, 9.17) is 4.52 Å². The Morgan fingerprint density at radius 3 is 2.64 bits per heavy atom. The normalized spacial score (nSPS) is 11.0. The number of aromatic nitrogens is 3. The van der Waals surface area contributed by atoms with E-state index in [0.29, 0.717) is 30.4 Å². The van der Waals surface area contributed by atoms with Crippen LogP contribution in [0.2, 0.25) is 0 Å². The van der Waals surface area contributed by atoms with Gasteiger partial charge in [-0.15, -0.1) is 24.0 Å². The molecule has 148 valence electrons. The zero-order chi connectivity index (χ0) is 19.1. The molecule has 0 bridgehead atoms. The first-order valence-corrected chi connectivity index (χ1v) is 8.87. The van der Waals surface area contributed by atoms with Gasteiger partial charge in [-0.1, -0.05) is 41.1 Å². The van der Waals surface area contributed by atoms with Gasteiger partial charge in [0.05, 0.1) is 0 Å². The predicted octanol–water partition coefficient (Wildman–Crippen LogP) is 3.31. The van der Waals surface area contributed by atoms with Gasteiger partial charge in [0.1, 0.15) is 5.69 Å². The highest BCUT2D eigenvalue weighted by atomic mass is 127. The van der Waals surface area contributed by atoms with Crippen LogP contribution in [0.3, 0.4) is 0 Å². The summed E-state index contributed by atoms with van der Waals surface area (Å²) < 4.78 is 5.28. The molecule has 1 aromatic carbocycles. The molecule has 0 fully saturated rings. The van der Waals surface area contributed by atoms with Gasteiger partial charge in [-0.2, -0.15) is 4.98 Å². The standard InChI is InChI=1S/C20H24N6O.HI/c1-15-7-9-16(10-8-15)14-26(3)20(21-2)23-13-11-18-24-19(27-25-18)17-6-4-5-12-22-17;/h4-10,12H,11,13-14H2,1-3H3,(H,21,23);1H. The molecule has 7 nitrogen and oxygen atoms in total. The molecule has 2 heterocycles. The summed E-state index contributed by atoms with van der Waals surface area (Å²) in [6.45, 7) is 3.53. The van der Waals surface area contributed by atoms with Crippen molar-refractivity contribution in [1.29, 1.82) is 0 Å². The van der Waals surface area contributed by atoms with Crippen LogP contribution < -0.4 is 5.32 Å². The quantitative estimate of drug-likeness (QED) is 0.323. The fourth-order valence-electron chi connectivity index (χ4n) is 2.66. The van der Waals surface area contributed by atoms with E-state index in [9.17, 15) is 0 Å². The van der Waals surface area contributed by atoms with Gasteiger partial charge >= 0.3 is 0 Å². The first-order chi connectivity index (χ1) is 13.2. The molecular formula is C20H25IN6O. The van der Waals surface area contributed by atoms with Crippen LogP contribution in [-0.2, 0) is 13.0 Å². The summed E-state index contributed by atoms with van der Waals surface area (Å²) in [6.07, 6.45) is 2.34. The van der Waals surface area contributed by atoms with Crippen molar-refractivity contribution in [1.82, 2.24) is 25.3 Å². The molecule has 0 radical (unpaired) electrons. The van der Waals surface area contributed by atoms with E-state index < -0.39 is 0 Å². The number of hydrogen-bond acceptors (Lipinski definition) is 5. The maximum atomic E-state index is 5.28. The average molecular weight is 492 g/mol. The Labute approximate surface area is 182 Å². The average Bonchev–Trinajstić information content (AvgIpc) is 3.16. The molecule has 0 unspecified atom stereocenters. The summed E-state index contributed by atoms with van der Waals surface area (Å²) >= 11 is 0. The SMILES string of the molecule is CN=C(NCCc1noc(-c2ccccn2)n1)N(C)Cc1ccc(C)cc1.I. The Kier molecular flexibility index (Phi) is 8.37. The van der Waals surface area contributed by atoms with Gasteiger partial charge in [0.25, 0.3) is 5.89 Å². The summed E-state index contributed by atoms with van der Waals surface area (Å²) in [5.74, 6) is 1.90. The number of benzene rings is 1. The van der Waals surface area contributed by atoms with E-state index >= 15 is 0 Å². The molecule has 0 saturated carbocycles. The van der Waals surface area contributed by atoms with E-state index in [1.54, 1.807) is 13.2 Å². The number of guanidine groups is 1. The minimum atomic E-state index is 0. The zero-order valence-corrected chi connectivity index (χ0v) is 18.6. The van der Waals surface area contributed by atoms with Crippen molar-refractivity contribution in [2.24, 2.45) is 4.99 Å². The number of nitrogens with one attached hydrogen (secondary N) is 1. The van der Waals surface area contributed by atoms with Crippen LogP contribution in [0.1, 0.15) is 17.0 Å². The summed E-state index contributed by atoms with van der Waals surface area (Å²) in [4.78, 5) is 15.0. The smallest absolute Gasteiger partial charge is 0.276 e. The van der Waals surface area contributed by atoms with Crippen molar-refractivity contribution in [3.8, 4) is 11.6 Å². The van der Waals surface area contributed by atoms with Crippen LogP contribution in [0, 0.1) is 6.92 Å². The highest BCUT2D eigenvalue weighted by Gasteiger charge is 2.11. The van der Waals surface area contributed by atoms with Gasteiger partial charge in [0, 0.05) is 39.8 Å². The maximum Gasteiger partial charge on any atom is 0.276 e. The van der Waals surface area contributed by atoms with Crippen molar-refractivity contribution in [3.63, 3.8) is 0 Å². The molecule has 1 N–H and O–H groups in total. The van der Waals surface area contributed by atoms with Crippen molar-refractivity contribution < 1.29 is 4.52 Å². The fraction of sp³-hybridized carbons (Fsp3) is 0.300. The largest absolute Gasteiger partial charge is 0.356 e. The first-order valence-electron chi connectivity index (χ1n) is 8.87. The Hall–Kier alpha value is -2.49. The minimum absolute atomic E-state index is 0. The van der Waals surface area contributed by atoms with Gasteiger partial charge in [0.15, 0.2) is 11.8 Å². The van der Waals surface area contributed by atoms with E-state index in [1.165, 1.54) is 11.1 Å². The lowest BCUT2D eigenvalue weighted by Gasteiger charge is -2.22. The van der Waals surface area contributed by atoms with Crippen LogP contribution in [0.5, 0.6) is 0 Å². The predicted molar refractivity (Wildman–Crippen MR) is 121 cm³/mol. The second-order valence-corrected chi connectivity index (χ2v) is 6.30. The van der Waals surface area contributed by atoms with Gasteiger partial charge in [-0.3, -0.25) is 9.98 Å². The minimum Gasteiger partial charge on any atom is -0.356 e. The zero-order valence-electron chi connectivity index (χ0n) is 16.3. The number of hydrogen-bond donors (Lipinski definition) is 1. The fourth-order valence-corrected chi connectivity index (χ4v) is 2.66. The third kappa shape index (κ3) is 6.01. The Balaban J connectivity index is 0.00000280. The Morgan fingerprint density at radius 1 is 1.18 bits per heavy atom. The highest BCUT2D eigenvalue weighted by molar-refractivity contribution is 14.0. The number of halogens is 1. The van der Waals surface area contributed by atoms with Crippen molar-refractivity contribution in [2.75, 3.05) is 20.6 Å². The summed E-state index contributed by atoms with van der Waals surface area (Å²) in [7, 11) is 3.80. The lowest BCUT2D eigenvalue weighted by Crippen LogP contribution is -2.39. The second kappa shape index (κ2) is 10.7. The van der Waals surface area contributed by atoms with Crippen LogP contribution in [0.25, 0.3) is 11.6 Å². The van der Waals surface area contributed by atoms with E-state index in [-0.39, 0.29) is 24.0 Å². The molecule has 28 heavy (non-hydrogen) atoms. The van der Waals surface area contributed by atoms with Crippen molar-refractivity contribution in [3.05, 3.63) is 65.6 Å². The molecule has 0 spiro atoms. The molecule has 0 amide bonds. The molecule has 0 saturated heterocycles. The monoisotopic (exact) mass is 492 g/mol. The van der Waals surface area contributed by atoms with Crippen LogP contribution in [0.15, 0.2) is 58.2 Å². The third-order valence-corrected chi connectivity index (χ3v) is 4.10. The molecular weight excluding hydrogens is 467 g/mol. The molecule has 2 aromatic heterocycles. The van der Waals surface area contributed by atoms with Gasteiger partial charge in [-0.05, 0) is 24.6 Å². The summed E-state index contributed by atoms with van der Waals surface area (Å²) in [5, 5.41) is 7.35. The van der Waals surface area contributed by atoms with E-state index in [0.717, 1.165) is 12.5 Å². The lowest BCUT2D eigenvalue weighted by atomic mass is 10.1. The van der Waals surface area contributed by atoms with E-state index in [2.05, 4.69) is 61.5 Å². The molecule has 3 aromatic rings. The van der Waals surface area contributed by atoms with E-state index in [1.807, 2.05) is 25.2 Å². The third-order valence-electron chi connectivity index (χ3n) is 4.10. The molecule has 8 heteroatoms. The molecule has 0 aliphatic heterocycles. The number of nitrogens with zero attached hydrogens (tertiary/aromatic N) is 5. The van der Waals surface area contributed by atoms with Crippen LogP contribution in [0.4, 0.5) is 0 Å². The lowest BCUT2D eigenvalue weighted by molar-refractivity contribution is 0.420. The topological polar surface area (TPSA) is 79.4 Å². The second-order valence-electron chi connectivity index (χ2n) is 6.30. The maximum absolute atomic E-state index is 5.28. The summed E-state index contributed by atoms with van der Waals surface area (Å²) in [6, 6.07) is 14.1. The number of aryl methyl sites for hydroxylation is 1. The number of aliphatic imine (C=N–C) groups is 1. The van der Waals surface area contributed by atoms with Crippen molar-refractivity contribution in [2.45, 2.75) is 19.9 Å². The van der Waals surface area contributed by atoms with Gasteiger partial charge in [0.2, 0.25) is 0 Å². The van der Waals surface area contributed by atoms with Gasteiger partial charge in [-0.25, -0.2) is 0 Å². The Bertz CT molecular complexity index is 879. The van der Waals surface area contributed by atoms with Crippen LogP contribution >= 0.6 is 24.0 Å². The molecule has 3 rings (SSSR count). The number of rotatable bonds is 6. The van der Waals surface area contributed by atoms with Gasteiger partial charge < -0.3 is 14.7 Å². The highest BCUT2D eigenvalue weighted by Crippen LogP contribution is 2.13. The Morgan fingerprint density at radius 2 is 1.96 bits per heavy atom. The molecule has 0 aliphatic carbocycles. The van der Waals surface area contributed by atoms with Crippen molar-refractivity contribution >= 4 is 29.9 Å². The molecule has 0 aliphatic rings. The van der Waals surface area contributed by atoms with Crippen LogP contribution in [-0.4, -0.2) is 46.6 Å². The summed E-state index contributed by atoms with van der Waals surface area (Å²) in [5.41, 5.74) is 3.18.